The van der Waals surface area contributed by atoms with Crippen molar-refractivity contribution in [1.29, 1.82) is 0 Å². The van der Waals surface area contributed by atoms with E-state index in [1.165, 1.54) is 7.11 Å². The van der Waals surface area contributed by atoms with Gasteiger partial charge in [0.2, 0.25) is 4.90 Å². The number of rotatable bonds is 2. The monoisotopic (exact) mass is 390 g/mol. The van der Waals surface area contributed by atoms with Crippen molar-refractivity contribution in [3.63, 3.8) is 0 Å². The number of carbonyl (C=O) groups excluding carboxylic acids is 1. The first-order valence-corrected chi connectivity index (χ1v) is 8.84. The molecule has 0 saturated carbocycles. The second kappa shape index (κ2) is 8.70. The Balaban J connectivity index is 0.000000561. The van der Waals surface area contributed by atoms with Crippen molar-refractivity contribution in [1.82, 2.24) is 0 Å². The summed E-state index contributed by atoms with van der Waals surface area (Å²) in [6, 6.07) is 9.36. The molecule has 138 valence electrons. The molecule has 24 heavy (non-hydrogen) atoms. The lowest BCUT2D eigenvalue weighted by Gasteiger charge is -2.16. The maximum absolute atomic E-state index is 11.9. The largest absolute Gasteiger partial charge is 0.741 e. The summed E-state index contributed by atoms with van der Waals surface area (Å²) in [4.78, 5) is 12.7. The lowest BCUT2D eigenvalue weighted by molar-refractivity contribution is -0.0517. The molecule has 6 nitrogen and oxygen atoms in total. The molecule has 0 radical (unpaired) electrons. The average molecular weight is 390 g/mol. The van der Waals surface area contributed by atoms with Crippen LogP contribution in [0.1, 0.15) is 20.8 Å². The molecule has 0 aliphatic carbocycles. The first-order chi connectivity index (χ1) is 10.7. The SMILES string of the molecule is CO[S+](C(=O)OC(C)(C)C)c1ccccc1.O=S(=O)([O-])C(F)(F)F. The summed E-state index contributed by atoms with van der Waals surface area (Å²) < 4.78 is 69.4. The molecule has 1 rings (SSSR count). The minimum atomic E-state index is -6.09. The molecule has 0 aromatic heterocycles. The first-order valence-electron chi connectivity index (χ1n) is 6.28. The molecular weight excluding hydrogens is 373 g/mol. The zero-order valence-corrected chi connectivity index (χ0v) is 14.9. The van der Waals surface area contributed by atoms with Crippen LogP contribution in [0.4, 0.5) is 18.0 Å². The van der Waals surface area contributed by atoms with Crippen LogP contribution >= 0.6 is 0 Å². The van der Waals surface area contributed by atoms with Gasteiger partial charge in [-0.1, -0.05) is 18.2 Å². The Morgan fingerprint density at radius 2 is 1.54 bits per heavy atom. The molecule has 1 atom stereocenters. The summed E-state index contributed by atoms with van der Waals surface area (Å²) in [5.41, 5.74) is -6.14. The number of ether oxygens (including phenoxy) is 1. The van der Waals surface area contributed by atoms with E-state index in [-0.39, 0.29) is 5.30 Å². The second-order valence-corrected chi connectivity index (χ2v) is 8.16. The highest BCUT2D eigenvalue weighted by Gasteiger charge is 2.39. The van der Waals surface area contributed by atoms with Crippen LogP contribution in [0.15, 0.2) is 35.2 Å². The van der Waals surface area contributed by atoms with Crippen LogP contribution in [0.25, 0.3) is 0 Å². The Morgan fingerprint density at radius 1 is 1.12 bits per heavy atom. The van der Waals surface area contributed by atoms with Crippen LogP contribution in [0, 0.1) is 0 Å². The molecular formula is C13H17F3O6S2. The van der Waals surface area contributed by atoms with Crippen molar-refractivity contribution in [2.75, 3.05) is 7.11 Å². The summed E-state index contributed by atoms with van der Waals surface area (Å²) in [6.07, 6.45) is 0. The van der Waals surface area contributed by atoms with Crippen LogP contribution in [0.5, 0.6) is 0 Å². The van der Waals surface area contributed by atoms with Gasteiger partial charge in [-0.3, -0.25) is 0 Å². The van der Waals surface area contributed by atoms with Gasteiger partial charge in [0.15, 0.2) is 10.1 Å². The number of carbonyl (C=O) groups is 1. The molecule has 0 fully saturated rings. The highest BCUT2D eigenvalue weighted by Crippen LogP contribution is 2.21. The fourth-order valence-electron chi connectivity index (χ4n) is 1.09. The second-order valence-electron chi connectivity index (χ2n) is 5.11. The van der Waals surface area contributed by atoms with E-state index in [2.05, 4.69) is 0 Å². The third-order valence-corrected chi connectivity index (χ3v) is 3.93. The summed E-state index contributed by atoms with van der Waals surface area (Å²) in [5, 5.41) is -0.332. The standard InChI is InChI=1S/C12H17O3S.CHF3O3S/c1-12(2,3)15-11(13)16(14-4)10-8-6-5-7-9-10;2-1(3,4)8(5,6)7/h5-9H,1-4H3;(H,5,6,7)/q+1;/p-1. The first kappa shape index (κ1) is 22.7. The maximum Gasteiger partial charge on any atom is 0.568 e. The predicted octanol–water partition coefficient (Wildman–Crippen LogP) is 3.21. The quantitative estimate of drug-likeness (QED) is 0.333. The Labute approximate surface area is 141 Å². The molecule has 0 bridgehead atoms. The third kappa shape index (κ3) is 8.52. The highest BCUT2D eigenvalue weighted by molar-refractivity contribution is 8.06. The zero-order valence-electron chi connectivity index (χ0n) is 13.3. The summed E-state index contributed by atoms with van der Waals surface area (Å²) in [7, 11) is -4.58. The van der Waals surface area contributed by atoms with Crippen LogP contribution in [-0.4, -0.2) is 36.5 Å². The van der Waals surface area contributed by atoms with E-state index in [1.54, 1.807) is 0 Å². The van der Waals surface area contributed by atoms with Gasteiger partial charge in [-0.15, -0.1) is 0 Å². The van der Waals surface area contributed by atoms with E-state index in [0.29, 0.717) is 0 Å². The van der Waals surface area contributed by atoms with E-state index in [4.69, 9.17) is 21.9 Å². The van der Waals surface area contributed by atoms with Gasteiger partial charge in [0.1, 0.15) is 5.60 Å². The number of hydrogen-bond donors (Lipinski definition) is 0. The Morgan fingerprint density at radius 3 is 1.83 bits per heavy atom. The van der Waals surface area contributed by atoms with Gasteiger partial charge in [0.25, 0.3) is 0 Å². The lowest BCUT2D eigenvalue weighted by Crippen LogP contribution is -2.28. The molecule has 0 saturated heterocycles. The van der Waals surface area contributed by atoms with Gasteiger partial charge < -0.3 is 9.29 Å². The van der Waals surface area contributed by atoms with Gasteiger partial charge in [0.05, 0.1) is 7.11 Å². The van der Waals surface area contributed by atoms with Crippen molar-refractivity contribution < 1.29 is 39.9 Å². The molecule has 0 aliphatic rings. The number of benzene rings is 1. The van der Waals surface area contributed by atoms with E-state index >= 15 is 0 Å². The van der Waals surface area contributed by atoms with Crippen molar-refractivity contribution in [2.24, 2.45) is 0 Å². The zero-order chi connectivity index (χ0) is 19.2. The van der Waals surface area contributed by atoms with Gasteiger partial charge in [-0.25, -0.2) is 8.42 Å². The van der Waals surface area contributed by atoms with Gasteiger partial charge >= 0.3 is 22.0 Å². The highest BCUT2D eigenvalue weighted by atomic mass is 32.2. The topological polar surface area (TPSA) is 92.7 Å². The van der Waals surface area contributed by atoms with Crippen LogP contribution in [0.2, 0.25) is 0 Å². The van der Waals surface area contributed by atoms with E-state index in [0.717, 1.165) is 4.90 Å². The van der Waals surface area contributed by atoms with Crippen molar-refractivity contribution in [2.45, 2.75) is 36.8 Å². The Bertz CT molecular complexity index is 623. The van der Waals surface area contributed by atoms with E-state index in [1.807, 2.05) is 51.1 Å². The summed E-state index contributed by atoms with van der Waals surface area (Å²) in [6.45, 7) is 5.52. The van der Waals surface area contributed by atoms with Gasteiger partial charge in [0, 0.05) is 0 Å². The van der Waals surface area contributed by atoms with Gasteiger partial charge in [-0.05, 0) is 32.9 Å². The minimum Gasteiger partial charge on any atom is -0.741 e. The molecule has 0 heterocycles. The lowest BCUT2D eigenvalue weighted by atomic mass is 10.2. The smallest absolute Gasteiger partial charge is 0.568 e. The molecule has 0 amide bonds. The molecule has 1 aromatic rings. The molecule has 11 heteroatoms. The normalized spacial score (nSPS) is 13.5. The Kier molecular flexibility index (Phi) is 8.22. The van der Waals surface area contributed by atoms with Gasteiger partial charge in [-0.2, -0.15) is 22.1 Å². The van der Waals surface area contributed by atoms with Crippen molar-refractivity contribution in [3.05, 3.63) is 30.3 Å². The molecule has 1 unspecified atom stereocenters. The van der Waals surface area contributed by atoms with E-state index < -0.39 is 32.4 Å². The van der Waals surface area contributed by atoms with Crippen LogP contribution < -0.4 is 0 Å². The number of alkyl halides is 3. The number of hydrogen-bond acceptors (Lipinski definition) is 6. The summed E-state index contributed by atoms with van der Waals surface area (Å²) >= 11 is -0.947. The van der Waals surface area contributed by atoms with Crippen LogP contribution in [0.3, 0.4) is 0 Å². The predicted molar refractivity (Wildman–Crippen MR) is 81.1 cm³/mol. The minimum absolute atomic E-state index is 0.332. The fraction of sp³-hybridized carbons (Fsp3) is 0.462. The summed E-state index contributed by atoms with van der Waals surface area (Å²) in [5.74, 6) is 0. The van der Waals surface area contributed by atoms with Crippen molar-refractivity contribution in [3.8, 4) is 0 Å². The average Bonchev–Trinajstić information content (AvgIpc) is 2.37. The van der Waals surface area contributed by atoms with E-state index in [9.17, 15) is 18.0 Å². The fourth-order valence-corrected chi connectivity index (χ4v) is 2.34. The molecule has 0 spiro atoms. The third-order valence-electron chi connectivity index (χ3n) is 1.95. The van der Waals surface area contributed by atoms with Crippen molar-refractivity contribution >= 4 is 26.6 Å². The number of halogens is 3. The molecule has 0 aliphatic heterocycles. The van der Waals surface area contributed by atoms with Crippen LogP contribution in [-0.2, 0) is 30.2 Å². The maximum atomic E-state index is 11.9. The molecule has 0 N–H and O–H groups in total. The molecule has 1 aromatic carbocycles. The Hall–Kier alpha value is -1.30.